The lowest BCUT2D eigenvalue weighted by atomic mass is 10.3. The van der Waals surface area contributed by atoms with Crippen molar-refractivity contribution in [3.63, 3.8) is 0 Å². The molecule has 12 heavy (non-hydrogen) atoms. The SMILES string of the molecule is [2H]c1c(F)c(F)c(F)c(F)c1OF. The molecule has 1 nitrogen and oxygen atoms in total. The topological polar surface area (TPSA) is 9.23 Å². The molecule has 66 valence electrons. The molecule has 0 spiro atoms. The Morgan fingerprint density at radius 1 is 1.08 bits per heavy atom. The van der Waals surface area contributed by atoms with E-state index in [1.54, 1.807) is 0 Å². The van der Waals surface area contributed by atoms with Crippen LogP contribution in [-0.2, 0) is 0 Å². The van der Waals surface area contributed by atoms with E-state index < -0.39 is 35.1 Å². The number of halogens is 5. The lowest BCUT2D eigenvalue weighted by molar-refractivity contribution is -0.0121. The zero-order chi connectivity index (χ0) is 10.2. The highest BCUT2D eigenvalue weighted by molar-refractivity contribution is 5.26. The van der Waals surface area contributed by atoms with Crippen LogP contribution in [0, 0.1) is 23.3 Å². The molecule has 0 unspecified atom stereocenters. The molecule has 0 bridgehead atoms. The quantitative estimate of drug-likeness (QED) is 0.371. The van der Waals surface area contributed by atoms with Gasteiger partial charge in [-0.25, -0.2) is 13.2 Å². The van der Waals surface area contributed by atoms with Gasteiger partial charge in [-0.15, -0.1) is 0 Å². The molecule has 0 saturated carbocycles. The average molecular weight is 185 g/mol. The van der Waals surface area contributed by atoms with Crippen LogP contribution in [0.3, 0.4) is 0 Å². The summed E-state index contributed by atoms with van der Waals surface area (Å²) in [6.07, 6.45) is 0. The summed E-state index contributed by atoms with van der Waals surface area (Å²) >= 11 is 0. The van der Waals surface area contributed by atoms with E-state index in [4.69, 9.17) is 1.37 Å². The van der Waals surface area contributed by atoms with Gasteiger partial charge < -0.3 is 0 Å². The average Bonchev–Trinajstić information content (AvgIpc) is 2.13. The monoisotopic (exact) mass is 185 g/mol. The standard InChI is InChI=1S/C6HF5O/c7-2-1-3(12-11)5(9)6(10)4(2)8/h1H/i1D. The normalized spacial score (nSPS) is 11.2. The van der Waals surface area contributed by atoms with E-state index in [1.807, 2.05) is 0 Å². The van der Waals surface area contributed by atoms with Crippen LogP contribution in [0.4, 0.5) is 22.1 Å². The summed E-state index contributed by atoms with van der Waals surface area (Å²) in [6.45, 7) is 0. The van der Waals surface area contributed by atoms with Gasteiger partial charge in [0, 0.05) is 10.6 Å². The molecule has 0 atom stereocenters. The van der Waals surface area contributed by atoms with Gasteiger partial charge in [0.15, 0.2) is 11.6 Å². The van der Waals surface area contributed by atoms with Crippen molar-refractivity contribution in [2.75, 3.05) is 0 Å². The minimum Gasteiger partial charge on any atom is -0.291 e. The molecule has 0 amide bonds. The smallest absolute Gasteiger partial charge is 0.213 e. The molecule has 0 aliphatic carbocycles. The summed E-state index contributed by atoms with van der Waals surface area (Å²) in [4.78, 5) is 2.68. The van der Waals surface area contributed by atoms with Gasteiger partial charge >= 0.3 is 0 Å². The highest BCUT2D eigenvalue weighted by Gasteiger charge is 2.20. The molecule has 0 fully saturated rings. The lowest BCUT2D eigenvalue weighted by Crippen LogP contribution is -1.97. The summed E-state index contributed by atoms with van der Waals surface area (Å²) in [5.41, 5.74) is 0. The van der Waals surface area contributed by atoms with Gasteiger partial charge in [0.05, 0.1) is 1.37 Å². The van der Waals surface area contributed by atoms with E-state index in [0.29, 0.717) is 0 Å². The first kappa shape index (κ1) is 7.33. The number of benzene rings is 1. The van der Waals surface area contributed by atoms with E-state index in [0.717, 1.165) is 0 Å². The maximum atomic E-state index is 12.4. The van der Waals surface area contributed by atoms with Crippen LogP contribution in [0.15, 0.2) is 6.04 Å². The van der Waals surface area contributed by atoms with Crippen LogP contribution >= 0.6 is 0 Å². The van der Waals surface area contributed by atoms with Crippen LogP contribution in [0.2, 0.25) is 0 Å². The summed E-state index contributed by atoms with van der Waals surface area (Å²) in [6, 6.07) is -1.51. The second kappa shape index (κ2) is 2.96. The third-order valence-corrected chi connectivity index (χ3v) is 1.08. The largest absolute Gasteiger partial charge is 0.291 e. The van der Waals surface area contributed by atoms with E-state index in [-0.39, 0.29) is 0 Å². The number of hydrogen-bond acceptors (Lipinski definition) is 1. The Bertz CT molecular complexity index is 324. The highest BCUT2D eigenvalue weighted by Crippen LogP contribution is 2.24. The van der Waals surface area contributed by atoms with Crippen molar-refractivity contribution in [1.82, 2.24) is 0 Å². The van der Waals surface area contributed by atoms with Crippen molar-refractivity contribution in [1.29, 1.82) is 0 Å². The Morgan fingerprint density at radius 3 is 2.17 bits per heavy atom. The van der Waals surface area contributed by atoms with Gasteiger partial charge in [0.2, 0.25) is 17.4 Å². The third-order valence-electron chi connectivity index (χ3n) is 1.08. The Kier molecular flexibility index (Phi) is 1.81. The summed E-state index contributed by atoms with van der Waals surface area (Å²) < 4.78 is 67.4. The van der Waals surface area contributed by atoms with E-state index in [1.165, 1.54) is 0 Å². The second-order valence-corrected chi connectivity index (χ2v) is 1.79. The summed E-state index contributed by atoms with van der Waals surface area (Å²) in [5.74, 6) is -10.1. The minimum atomic E-state index is -2.22. The fourth-order valence-electron chi connectivity index (χ4n) is 0.555. The van der Waals surface area contributed by atoms with Crippen LogP contribution < -0.4 is 4.94 Å². The van der Waals surface area contributed by atoms with Crippen LogP contribution in [0.1, 0.15) is 1.37 Å². The molecule has 1 aromatic rings. The Morgan fingerprint density at radius 2 is 1.67 bits per heavy atom. The Hall–Kier alpha value is -1.33. The molecule has 6 heteroatoms. The van der Waals surface area contributed by atoms with Crippen LogP contribution in [0.5, 0.6) is 5.75 Å². The molecule has 0 N–H and O–H groups in total. The number of hydrogen-bond donors (Lipinski definition) is 0. The zero-order valence-corrected chi connectivity index (χ0v) is 5.30. The second-order valence-electron chi connectivity index (χ2n) is 1.79. The Balaban J connectivity index is 3.56. The molecule has 0 heterocycles. The molecule has 0 aromatic heterocycles. The van der Waals surface area contributed by atoms with Gasteiger partial charge in [-0.1, -0.05) is 0 Å². The van der Waals surface area contributed by atoms with Crippen molar-refractivity contribution in [2.45, 2.75) is 0 Å². The molecule has 0 aliphatic heterocycles. The van der Waals surface area contributed by atoms with E-state index >= 15 is 0 Å². The van der Waals surface area contributed by atoms with E-state index in [9.17, 15) is 22.1 Å². The van der Waals surface area contributed by atoms with Crippen LogP contribution in [0.25, 0.3) is 0 Å². The lowest BCUT2D eigenvalue weighted by Gasteiger charge is -1.99. The minimum absolute atomic E-state index is 1.51. The van der Waals surface area contributed by atoms with Gasteiger partial charge in [-0.2, -0.15) is 4.39 Å². The highest BCUT2D eigenvalue weighted by atomic mass is 19.3. The van der Waals surface area contributed by atoms with Crippen molar-refractivity contribution in [3.05, 3.63) is 29.3 Å². The van der Waals surface area contributed by atoms with Gasteiger partial charge in [-0.05, 0) is 0 Å². The molecule has 0 aliphatic rings. The first-order valence-electron chi connectivity index (χ1n) is 3.11. The summed E-state index contributed by atoms with van der Waals surface area (Å²) in [5, 5.41) is 0. The predicted octanol–water partition coefficient (Wildman–Crippen LogP) is 2.51. The van der Waals surface area contributed by atoms with Gasteiger partial charge in [0.25, 0.3) is 0 Å². The van der Waals surface area contributed by atoms with Crippen LogP contribution in [-0.4, -0.2) is 0 Å². The van der Waals surface area contributed by atoms with Crippen molar-refractivity contribution in [2.24, 2.45) is 0 Å². The fraction of sp³-hybridized carbons (Fsp3) is 0. The summed E-state index contributed by atoms with van der Waals surface area (Å²) in [7, 11) is 0. The number of rotatable bonds is 1. The van der Waals surface area contributed by atoms with E-state index in [2.05, 4.69) is 4.94 Å². The zero-order valence-electron chi connectivity index (χ0n) is 6.30. The molecule has 1 aromatic carbocycles. The molecule has 1 rings (SSSR count). The predicted molar refractivity (Wildman–Crippen MR) is 28.0 cm³/mol. The molecule has 0 saturated heterocycles. The molecular weight excluding hydrogens is 183 g/mol. The Labute approximate surface area is 64.7 Å². The maximum absolute atomic E-state index is 12.4. The van der Waals surface area contributed by atoms with Gasteiger partial charge in [0.1, 0.15) is 0 Å². The first-order valence-corrected chi connectivity index (χ1v) is 2.61. The van der Waals surface area contributed by atoms with Gasteiger partial charge in [-0.3, -0.25) is 4.94 Å². The first-order chi connectivity index (χ1) is 6.00. The maximum Gasteiger partial charge on any atom is 0.213 e. The van der Waals surface area contributed by atoms with Crippen molar-refractivity contribution < 1.29 is 28.4 Å². The third kappa shape index (κ3) is 1.19. The van der Waals surface area contributed by atoms with Crippen molar-refractivity contribution in [3.8, 4) is 5.75 Å². The molecular formula is C6HF5O. The molecule has 0 radical (unpaired) electrons. The van der Waals surface area contributed by atoms with Crippen molar-refractivity contribution >= 4 is 0 Å². The fourth-order valence-corrected chi connectivity index (χ4v) is 0.555.